The van der Waals surface area contributed by atoms with Gasteiger partial charge in [0.1, 0.15) is 0 Å². The van der Waals surface area contributed by atoms with Gasteiger partial charge in [0.2, 0.25) is 0 Å². The number of nitrogens with one attached hydrogen (secondary N) is 1. The fourth-order valence-corrected chi connectivity index (χ4v) is 4.06. The summed E-state index contributed by atoms with van der Waals surface area (Å²) in [6.07, 6.45) is 5.77. The van der Waals surface area contributed by atoms with Crippen molar-refractivity contribution in [3.63, 3.8) is 0 Å². The molecular weight excluding hydrogens is 178 g/mol. The second kappa shape index (κ2) is 3.82. The highest BCUT2D eigenvalue weighted by Gasteiger charge is 2.32. The Kier molecular flexibility index (Phi) is 2.89. The average molecular weight is 199 g/mol. The fourth-order valence-electron chi connectivity index (χ4n) is 2.66. The Morgan fingerprint density at radius 1 is 1.46 bits per heavy atom. The van der Waals surface area contributed by atoms with Crippen LogP contribution in [0.4, 0.5) is 0 Å². The van der Waals surface area contributed by atoms with E-state index in [1.807, 2.05) is 0 Å². The quantitative estimate of drug-likeness (QED) is 0.734. The van der Waals surface area contributed by atoms with Crippen LogP contribution >= 0.6 is 11.8 Å². The van der Waals surface area contributed by atoms with Crippen molar-refractivity contribution in [2.75, 3.05) is 12.3 Å². The molecule has 1 N–H and O–H groups in total. The first-order valence-electron chi connectivity index (χ1n) is 5.52. The Morgan fingerprint density at radius 3 is 2.85 bits per heavy atom. The molecule has 2 rings (SSSR count). The fraction of sp³-hybridized carbons (Fsp3) is 1.00. The van der Waals surface area contributed by atoms with E-state index in [0.29, 0.717) is 5.54 Å². The van der Waals surface area contributed by atoms with Crippen LogP contribution in [0.15, 0.2) is 0 Å². The second-order valence-electron chi connectivity index (χ2n) is 5.21. The lowest BCUT2D eigenvalue weighted by molar-refractivity contribution is 0.429. The van der Waals surface area contributed by atoms with Crippen LogP contribution in [0.25, 0.3) is 0 Å². The summed E-state index contributed by atoms with van der Waals surface area (Å²) in [6, 6.07) is 0. The topological polar surface area (TPSA) is 12.0 Å². The van der Waals surface area contributed by atoms with Gasteiger partial charge in [0.15, 0.2) is 0 Å². The maximum Gasteiger partial charge on any atom is 0.0128 e. The minimum atomic E-state index is 0.411. The Bertz CT molecular complexity index is 173. The zero-order valence-electron chi connectivity index (χ0n) is 8.81. The first-order valence-corrected chi connectivity index (χ1v) is 6.57. The van der Waals surface area contributed by atoms with Gasteiger partial charge in [-0.2, -0.15) is 11.8 Å². The summed E-state index contributed by atoms with van der Waals surface area (Å²) < 4.78 is 0. The summed E-state index contributed by atoms with van der Waals surface area (Å²) in [5.74, 6) is 2.36. The van der Waals surface area contributed by atoms with E-state index in [4.69, 9.17) is 0 Å². The number of rotatable bonds is 2. The molecule has 2 heteroatoms. The normalized spacial score (nSPS) is 38.3. The van der Waals surface area contributed by atoms with Crippen LogP contribution in [0.3, 0.4) is 0 Å². The highest BCUT2D eigenvalue weighted by atomic mass is 32.2. The molecule has 0 bridgehead atoms. The summed E-state index contributed by atoms with van der Waals surface area (Å²) in [6.45, 7) is 5.91. The van der Waals surface area contributed by atoms with Crippen molar-refractivity contribution in [3.05, 3.63) is 0 Å². The minimum absolute atomic E-state index is 0.411. The molecule has 13 heavy (non-hydrogen) atoms. The van der Waals surface area contributed by atoms with E-state index in [1.54, 1.807) is 0 Å². The first kappa shape index (κ1) is 9.85. The van der Waals surface area contributed by atoms with Crippen LogP contribution in [0.2, 0.25) is 0 Å². The van der Waals surface area contributed by atoms with E-state index in [9.17, 15) is 0 Å². The average Bonchev–Trinajstić information content (AvgIpc) is 2.61. The van der Waals surface area contributed by atoms with Crippen LogP contribution in [0, 0.1) is 5.92 Å². The van der Waals surface area contributed by atoms with Gasteiger partial charge < -0.3 is 5.32 Å². The molecule has 2 fully saturated rings. The highest BCUT2D eigenvalue weighted by molar-refractivity contribution is 8.00. The van der Waals surface area contributed by atoms with E-state index in [2.05, 4.69) is 30.9 Å². The Hall–Kier alpha value is 0.310. The van der Waals surface area contributed by atoms with Gasteiger partial charge in [0.25, 0.3) is 0 Å². The summed E-state index contributed by atoms with van der Waals surface area (Å²) >= 11 is 2.20. The first-order chi connectivity index (χ1) is 6.16. The molecule has 0 saturated carbocycles. The molecule has 0 aromatic rings. The number of hydrogen-bond acceptors (Lipinski definition) is 2. The van der Waals surface area contributed by atoms with Gasteiger partial charge in [-0.05, 0) is 57.7 Å². The van der Waals surface area contributed by atoms with Gasteiger partial charge in [-0.3, -0.25) is 0 Å². The molecular formula is C11H21NS. The lowest BCUT2D eigenvalue weighted by atomic mass is 9.93. The molecule has 2 saturated heterocycles. The van der Waals surface area contributed by atoms with Crippen molar-refractivity contribution < 1.29 is 0 Å². The molecule has 76 valence electrons. The van der Waals surface area contributed by atoms with Crippen molar-refractivity contribution in [1.82, 2.24) is 5.32 Å². The molecule has 2 aliphatic rings. The second-order valence-corrected chi connectivity index (χ2v) is 6.61. The third-order valence-corrected chi connectivity index (χ3v) is 4.71. The molecule has 1 nitrogen and oxygen atoms in total. The van der Waals surface area contributed by atoms with Gasteiger partial charge in [-0.15, -0.1) is 0 Å². The van der Waals surface area contributed by atoms with E-state index in [-0.39, 0.29) is 0 Å². The van der Waals surface area contributed by atoms with Crippen molar-refractivity contribution in [2.24, 2.45) is 5.92 Å². The Labute approximate surface area is 86.0 Å². The zero-order valence-corrected chi connectivity index (χ0v) is 9.62. The van der Waals surface area contributed by atoms with E-state index >= 15 is 0 Å². The van der Waals surface area contributed by atoms with E-state index in [1.165, 1.54) is 38.0 Å². The molecule has 2 aliphatic heterocycles. The Balaban J connectivity index is 1.77. The molecule has 2 heterocycles. The van der Waals surface area contributed by atoms with E-state index in [0.717, 1.165) is 11.2 Å². The molecule has 2 unspecified atom stereocenters. The van der Waals surface area contributed by atoms with Gasteiger partial charge in [-0.25, -0.2) is 0 Å². The third-order valence-electron chi connectivity index (χ3n) is 3.29. The van der Waals surface area contributed by atoms with Gasteiger partial charge in [-0.1, -0.05) is 0 Å². The van der Waals surface area contributed by atoms with Gasteiger partial charge in [0.05, 0.1) is 0 Å². The third kappa shape index (κ3) is 2.63. The molecule has 0 spiro atoms. The molecule has 0 amide bonds. The maximum atomic E-state index is 3.61. The predicted octanol–water partition coefficient (Wildman–Crippen LogP) is 2.66. The monoisotopic (exact) mass is 199 g/mol. The number of hydrogen-bond donors (Lipinski definition) is 1. The molecule has 0 aromatic heterocycles. The summed E-state index contributed by atoms with van der Waals surface area (Å²) in [4.78, 5) is 0. The van der Waals surface area contributed by atoms with Crippen molar-refractivity contribution in [3.8, 4) is 0 Å². The van der Waals surface area contributed by atoms with Crippen LogP contribution in [0.5, 0.6) is 0 Å². The summed E-state index contributed by atoms with van der Waals surface area (Å²) in [5, 5.41) is 4.60. The minimum Gasteiger partial charge on any atom is -0.312 e. The largest absolute Gasteiger partial charge is 0.312 e. The zero-order chi connectivity index (χ0) is 9.31. The van der Waals surface area contributed by atoms with Crippen molar-refractivity contribution in [2.45, 2.75) is 50.3 Å². The van der Waals surface area contributed by atoms with Crippen LogP contribution in [-0.4, -0.2) is 23.1 Å². The Morgan fingerprint density at radius 2 is 2.31 bits per heavy atom. The van der Waals surface area contributed by atoms with Gasteiger partial charge >= 0.3 is 0 Å². The summed E-state index contributed by atoms with van der Waals surface area (Å²) in [5.41, 5.74) is 0.411. The van der Waals surface area contributed by atoms with Crippen LogP contribution in [-0.2, 0) is 0 Å². The molecule has 2 atom stereocenters. The van der Waals surface area contributed by atoms with Crippen LogP contribution in [0.1, 0.15) is 39.5 Å². The summed E-state index contributed by atoms with van der Waals surface area (Å²) in [7, 11) is 0. The number of thioether (sulfide) groups is 1. The van der Waals surface area contributed by atoms with Crippen LogP contribution < -0.4 is 5.32 Å². The highest BCUT2D eigenvalue weighted by Crippen LogP contribution is 2.35. The van der Waals surface area contributed by atoms with E-state index < -0.39 is 0 Å². The SMILES string of the molecule is CC1(C)CC(CC2CCCS2)CN1. The van der Waals surface area contributed by atoms with Gasteiger partial charge in [0, 0.05) is 10.8 Å². The van der Waals surface area contributed by atoms with Crippen molar-refractivity contribution in [1.29, 1.82) is 0 Å². The lowest BCUT2D eigenvalue weighted by Gasteiger charge is -2.18. The molecule has 0 radical (unpaired) electrons. The lowest BCUT2D eigenvalue weighted by Crippen LogP contribution is -2.31. The molecule has 0 aliphatic carbocycles. The smallest absolute Gasteiger partial charge is 0.0128 e. The predicted molar refractivity (Wildman–Crippen MR) is 60.3 cm³/mol. The van der Waals surface area contributed by atoms with Crippen molar-refractivity contribution >= 4 is 11.8 Å². The standard InChI is InChI=1S/C11H21NS/c1-11(2)7-9(8-12-11)6-10-4-3-5-13-10/h9-10,12H,3-8H2,1-2H3. The molecule has 0 aromatic carbocycles. The maximum absolute atomic E-state index is 3.61.